The number of nitrogens with one attached hydrogen (secondary N) is 1. The predicted molar refractivity (Wildman–Crippen MR) is 117 cm³/mol. The van der Waals surface area contributed by atoms with Crippen molar-refractivity contribution in [3.8, 4) is 0 Å². The van der Waals surface area contributed by atoms with Crippen LogP contribution in [0.2, 0.25) is 10.0 Å². The lowest BCUT2D eigenvalue weighted by molar-refractivity contribution is 0.0764. The van der Waals surface area contributed by atoms with Gasteiger partial charge in [0.1, 0.15) is 6.61 Å². The van der Waals surface area contributed by atoms with Crippen molar-refractivity contribution in [3.63, 3.8) is 0 Å². The van der Waals surface area contributed by atoms with E-state index in [1.54, 1.807) is 29.4 Å². The summed E-state index contributed by atoms with van der Waals surface area (Å²) in [5.74, 6) is 0.517. The van der Waals surface area contributed by atoms with Crippen molar-refractivity contribution in [3.05, 3.63) is 63.9 Å². The molecule has 2 aliphatic heterocycles. The van der Waals surface area contributed by atoms with Crippen LogP contribution in [0.5, 0.6) is 0 Å². The molecule has 160 valence electrons. The minimum absolute atomic E-state index is 0.00580. The molecular weight excluding hydrogens is 439 g/mol. The van der Waals surface area contributed by atoms with Crippen LogP contribution in [0, 0.1) is 11.8 Å². The van der Waals surface area contributed by atoms with Crippen molar-refractivity contribution in [2.24, 2.45) is 11.8 Å². The monoisotopic (exact) mass is 458 g/mol. The minimum atomic E-state index is -0.354. The van der Waals surface area contributed by atoms with Gasteiger partial charge in [0.2, 0.25) is 0 Å². The van der Waals surface area contributed by atoms with Crippen molar-refractivity contribution in [2.75, 3.05) is 26.2 Å². The number of carbonyl (C=O) groups is 2. The van der Waals surface area contributed by atoms with Crippen LogP contribution in [0.25, 0.3) is 11.0 Å². The fourth-order valence-electron chi connectivity index (χ4n) is 4.49. The van der Waals surface area contributed by atoms with Crippen LogP contribution >= 0.6 is 23.2 Å². The number of hydrogen-bond donors (Lipinski definition) is 1. The molecule has 3 aromatic rings. The van der Waals surface area contributed by atoms with Crippen LogP contribution in [0.1, 0.15) is 15.9 Å². The molecule has 0 bridgehead atoms. The van der Waals surface area contributed by atoms with E-state index < -0.39 is 0 Å². The third kappa shape index (κ3) is 4.07. The second-order valence-corrected chi connectivity index (χ2v) is 8.97. The molecular formula is C22H20Cl2N4O3. The highest BCUT2D eigenvalue weighted by molar-refractivity contribution is 6.34. The largest absolute Gasteiger partial charge is 0.445 e. The van der Waals surface area contributed by atoms with E-state index in [4.69, 9.17) is 27.9 Å². The Morgan fingerprint density at radius 3 is 2.39 bits per heavy atom. The van der Waals surface area contributed by atoms with Gasteiger partial charge in [-0.3, -0.25) is 4.79 Å². The van der Waals surface area contributed by atoms with Gasteiger partial charge in [0, 0.05) is 53.6 Å². The zero-order chi connectivity index (χ0) is 21.5. The Balaban J connectivity index is 1.16. The predicted octanol–water partition coefficient (Wildman–Crippen LogP) is 4.21. The lowest BCUT2D eigenvalue weighted by Gasteiger charge is -2.21. The number of aromatic nitrogens is 2. The first-order valence-electron chi connectivity index (χ1n) is 10.1. The first-order valence-corrected chi connectivity index (χ1v) is 10.8. The zero-order valence-electron chi connectivity index (χ0n) is 16.6. The summed E-state index contributed by atoms with van der Waals surface area (Å²) in [5, 5.41) is 1.01. The average molecular weight is 459 g/mol. The molecule has 2 fully saturated rings. The summed E-state index contributed by atoms with van der Waals surface area (Å²) in [7, 11) is 0. The van der Waals surface area contributed by atoms with Crippen LogP contribution in [-0.2, 0) is 11.3 Å². The number of ether oxygens (including phenoxy) is 1. The van der Waals surface area contributed by atoms with E-state index in [0.717, 1.165) is 16.6 Å². The molecule has 0 spiro atoms. The number of hydrogen-bond acceptors (Lipinski definition) is 4. The number of rotatable bonds is 3. The lowest BCUT2D eigenvalue weighted by atomic mass is 10.0. The highest BCUT2D eigenvalue weighted by atomic mass is 35.5. The van der Waals surface area contributed by atoms with Crippen LogP contribution in [0.4, 0.5) is 4.79 Å². The Labute approximate surface area is 188 Å². The van der Waals surface area contributed by atoms with Crippen LogP contribution < -0.4 is 0 Å². The van der Waals surface area contributed by atoms with Crippen LogP contribution in [0.3, 0.4) is 0 Å². The second-order valence-electron chi connectivity index (χ2n) is 8.10. The van der Waals surface area contributed by atoms with Gasteiger partial charge in [0.05, 0.1) is 17.4 Å². The first-order chi connectivity index (χ1) is 15.0. The van der Waals surface area contributed by atoms with E-state index >= 15 is 0 Å². The second kappa shape index (κ2) is 8.05. The number of fused-ring (bicyclic) bond motifs is 2. The third-order valence-electron chi connectivity index (χ3n) is 5.98. The Morgan fingerprint density at radius 2 is 1.68 bits per heavy atom. The number of likely N-dealkylation sites (tertiary alicyclic amines) is 2. The van der Waals surface area contributed by atoms with Gasteiger partial charge >= 0.3 is 6.09 Å². The molecule has 31 heavy (non-hydrogen) atoms. The molecule has 5 rings (SSSR count). The van der Waals surface area contributed by atoms with Gasteiger partial charge in [-0.1, -0.05) is 23.2 Å². The van der Waals surface area contributed by atoms with Crippen molar-refractivity contribution in [2.45, 2.75) is 6.61 Å². The molecule has 7 nitrogen and oxygen atoms in total. The van der Waals surface area contributed by atoms with Gasteiger partial charge in [-0.25, -0.2) is 9.78 Å². The molecule has 3 heterocycles. The Hall–Kier alpha value is -2.77. The highest BCUT2D eigenvalue weighted by Crippen LogP contribution is 2.32. The van der Waals surface area contributed by atoms with Gasteiger partial charge in [0.15, 0.2) is 0 Å². The van der Waals surface area contributed by atoms with Gasteiger partial charge in [-0.05, 0) is 42.0 Å². The van der Waals surface area contributed by atoms with Crippen LogP contribution in [-0.4, -0.2) is 57.9 Å². The molecule has 0 aliphatic carbocycles. The molecule has 0 unspecified atom stereocenters. The molecule has 0 saturated carbocycles. The third-order valence-corrected chi connectivity index (χ3v) is 6.42. The van der Waals surface area contributed by atoms with E-state index in [1.165, 1.54) is 0 Å². The number of imidazole rings is 1. The van der Waals surface area contributed by atoms with E-state index in [-0.39, 0.29) is 30.4 Å². The SMILES string of the molecule is O=C(OCc1cc(Cl)cc(Cl)c1)N1C[C@@H]2CN(C(=O)c3ccc4[nH]cnc4c3)C[C@@H]2C1. The molecule has 2 amide bonds. The molecule has 1 aromatic heterocycles. The standard InChI is InChI=1S/C22H20Cl2N4O3/c23-17-3-13(4-18(24)6-17)11-31-22(30)28-9-15-7-27(8-16(15)10-28)21(29)14-1-2-19-20(5-14)26-12-25-19/h1-6,12,15-16H,7-11H2,(H,25,26)/t15-,16+. The quantitative estimate of drug-likeness (QED) is 0.637. The fourth-order valence-corrected chi connectivity index (χ4v) is 5.06. The number of carbonyl (C=O) groups excluding carboxylic acids is 2. The molecule has 2 saturated heterocycles. The summed E-state index contributed by atoms with van der Waals surface area (Å²) in [4.78, 5) is 36.3. The summed E-state index contributed by atoms with van der Waals surface area (Å²) >= 11 is 12.0. The zero-order valence-corrected chi connectivity index (χ0v) is 18.1. The van der Waals surface area contributed by atoms with Crippen LogP contribution in [0.15, 0.2) is 42.7 Å². The van der Waals surface area contributed by atoms with Gasteiger partial charge in [-0.2, -0.15) is 0 Å². The number of amides is 2. The molecule has 2 aromatic carbocycles. The van der Waals surface area contributed by atoms with E-state index in [0.29, 0.717) is 41.8 Å². The number of nitrogens with zero attached hydrogens (tertiary/aromatic N) is 3. The van der Waals surface area contributed by atoms with E-state index in [9.17, 15) is 9.59 Å². The molecule has 1 N–H and O–H groups in total. The van der Waals surface area contributed by atoms with Gasteiger partial charge in [0.25, 0.3) is 5.91 Å². The Morgan fingerprint density at radius 1 is 1.00 bits per heavy atom. The minimum Gasteiger partial charge on any atom is -0.445 e. The van der Waals surface area contributed by atoms with Gasteiger partial charge < -0.3 is 19.5 Å². The summed E-state index contributed by atoms with van der Waals surface area (Å²) in [5.41, 5.74) is 3.07. The van der Waals surface area contributed by atoms with Gasteiger partial charge in [-0.15, -0.1) is 0 Å². The maximum absolute atomic E-state index is 12.9. The normalized spacial score (nSPS) is 20.3. The molecule has 2 aliphatic rings. The number of halogens is 2. The van der Waals surface area contributed by atoms with Crippen molar-refractivity contribution < 1.29 is 14.3 Å². The topological polar surface area (TPSA) is 78.5 Å². The highest BCUT2D eigenvalue weighted by Gasteiger charge is 2.43. The van der Waals surface area contributed by atoms with Crippen molar-refractivity contribution >= 4 is 46.2 Å². The maximum Gasteiger partial charge on any atom is 0.410 e. The average Bonchev–Trinajstić information content (AvgIpc) is 3.44. The van der Waals surface area contributed by atoms with E-state index in [1.807, 2.05) is 23.1 Å². The fraction of sp³-hybridized carbons (Fsp3) is 0.318. The first kappa shape index (κ1) is 20.2. The summed E-state index contributed by atoms with van der Waals surface area (Å²) < 4.78 is 5.44. The summed E-state index contributed by atoms with van der Waals surface area (Å²) in [6.07, 6.45) is 1.26. The number of benzene rings is 2. The molecule has 0 radical (unpaired) electrons. The maximum atomic E-state index is 12.9. The summed E-state index contributed by atoms with van der Waals surface area (Å²) in [6.45, 7) is 2.56. The molecule has 9 heteroatoms. The van der Waals surface area contributed by atoms with Crippen molar-refractivity contribution in [1.82, 2.24) is 19.8 Å². The Bertz CT molecular complexity index is 1130. The Kier molecular flexibility index (Phi) is 5.24. The summed E-state index contributed by atoms with van der Waals surface area (Å²) in [6, 6.07) is 10.6. The molecule has 2 atom stereocenters. The number of H-pyrrole nitrogens is 1. The number of aromatic amines is 1. The van der Waals surface area contributed by atoms with E-state index in [2.05, 4.69) is 9.97 Å². The van der Waals surface area contributed by atoms with Crippen molar-refractivity contribution in [1.29, 1.82) is 0 Å². The lowest BCUT2D eigenvalue weighted by Crippen LogP contribution is -2.35. The smallest absolute Gasteiger partial charge is 0.410 e.